The van der Waals surface area contributed by atoms with Crippen LogP contribution in [0.15, 0.2) is 24.3 Å². The van der Waals surface area contributed by atoms with Gasteiger partial charge in [-0.05, 0) is 30.9 Å². The third kappa shape index (κ3) is 3.38. The third-order valence-corrected chi connectivity index (χ3v) is 3.84. The summed E-state index contributed by atoms with van der Waals surface area (Å²) in [5.74, 6) is 1.21. The molecule has 0 aliphatic carbocycles. The first-order valence-electron chi connectivity index (χ1n) is 7.01. The van der Waals surface area contributed by atoms with Crippen LogP contribution in [-0.2, 0) is 13.0 Å². The first-order chi connectivity index (χ1) is 8.93. The molecule has 2 aromatic rings. The van der Waals surface area contributed by atoms with Crippen molar-refractivity contribution in [1.29, 1.82) is 0 Å². The number of aryl methyl sites for hydroxylation is 1. The molecule has 2 rings (SSSR count). The number of rotatable bonds is 5. The Labute approximate surface area is 124 Å². The number of hydrogen-bond donors (Lipinski definition) is 0. The lowest BCUT2D eigenvalue weighted by atomic mass is 9.84. The van der Waals surface area contributed by atoms with Gasteiger partial charge in [0.1, 0.15) is 5.82 Å². The maximum atomic E-state index is 4.82. The Morgan fingerprint density at radius 1 is 1.32 bits per heavy atom. The maximum absolute atomic E-state index is 4.82. The van der Waals surface area contributed by atoms with Crippen molar-refractivity contribution in [2.75, 3.05) is 0 Å². The lowest BCUT2D eigenvalue weighted by Crippen LogP contribution is -2.21. The molecule has 2 nitrogen and oxygen atoms in total. The van der Waals surface area contributed by atoms with Gasteiger partial charge in [0.15, 0.2) is 0 Å². The Morgan fingerprint density at radius 2 is 2.00 bits per heavy atom. The SMILES string of the molecule is CCn1c(CC(C)(C)CC(C)Br)nc2ccccc21. The minimum Gasteiger partial charge on any atom is -0.328 e. The van der Waals surface area contributed by atoms with Crippen LogP contribution in [0.25, 0.3) is 11.0 Å². The van der Waals surface area contributed by atoms with E-state index >= 15 is 0 Å². The summed E-state index contributed by atoms with van der Waals surface area (Å²) in [5, 5.41) is 0. The van der Waals surface area contributed by atoms with Crippen LogP contribution < -0.4 is 0 Å². The average molecular weight is 323 g/mol. The van der Waals surface area contributed by atoms with Gasteiger partial charge in [0.25, 0.3) is 0 Å². The summed E-state index contributed by atoms with van der Waals surface area (Å²) in [7, 11) is 0. The average Bonchev–Trinajstić information content (AvgIpc) is 2.62. The van der Waals surface area contributed by atoms with Gasteiger partial charge in [-0.2, -0.15) is 0 Å². The molecule has 1 unspecified atom stereocenters. The number of benzene rings is 1. The van der Waals surface area contributed by atoms with E-state index in [1.165, 1.54) is 11.3 Å². The van der Waals surface area contributed by atoms with Gasteiger partial charge in [-0.25, -0.2) is 4.98 Å². The lowest BCUT2D eigenvalue weighted by Gasteiger charge is -2.26. The maximum Gasteiger partial charge on any atom is 0.110 e. The van der Waals surface area contributed by atoms with Gasteiger partial charge in [0.2, 0.25) is 0 Å². The van der Waals surface area contributed by atoms with Gasteiger partial charge in [0, 0.05) is 17.8 Å². The molecule has 0 saturated carbocycles. The first kappa shape index (κ1) is 14.6. The normalized spacial score (nSPS) is 13.9. The van der Waals surface area contributed by atoms with Crippen LogP contribution in [-0.4, -0.2) is 14.4 Å². The van der Waals surface area contributed by atoms with Crippen molar-refractivity contribution in [1.82, 2.24) is 9.55 Å². The largest absolute Gasteiger partial charge is 0.328 e. The minimum atomic E-state index is 0.261. The molecule has 0 spiro atoms. The minimum absolute atomic E-state index is 0.261. The van der Waals surface area contributed by atoms with E-state index in [-0.39, 0.29) is 5.41 Å². The number of alkyl halides is 1. The summed E-state index contributed by atoms with van der Waals surface area (Å²) < 4.78 is 2.34. The van der Waals surface area contributed by atoms with Crippen molar-refractivity contribution in [2.45, 2.75) is 51.9 Å². The quantitative estimate of drug-likeness (QED) is 0.723. The molecular weight excluding hydrogens is 300 g/mol. The zero-order chi connectivity index (χ0) is 14.0. The van der Waals surface area contributed by atoms with Crippen LogP contribution >= 0.6 is 15.9 Å². The summed E-state index contributed by atoms with van der Waals surface area (Å²) >= 11 is 3.67. The lowest BCUT2D eigenvalue weighted by molar-refractivity contribution is 0.323. The second-order valence-electron chi connectivity index (χ2n) is 6.09. The Balaban J connectivity index is 2.34. The highest BCUT2D eigenvalue weighted by Gasteiger charge is 2.23. The molecule has 0 radical (unpaired) electrons. The van der Waals surface area contributed by atoms with E-state index in [4.69, 9.17) is 4.98 Å². The van der Waals surface area contributed by atoms with Crippen LogP contribution in [0, 0.1) is 5.41 Å². The molecule has 0 aliphatic heterocycles. The molecule has 1 aromatic carbocycles. The fourth-order valence-corrected chi connectivity index (χ4v) is 3.75. The Morgan fingerprint density at radius 3 is 2.63 bits per heavy atom. The van der Waals surface area contributed by atoms with Crippen molar-refractivity contribution in [3.63, 3.8) is 0 Å². The summed E-state index contributed by atoms with van der Waals surface area (Å²) in [5.41, 5.74) is 2.63. The monoisotopic (exact) mass is 322 g/mol. The van der Waals surface area contributed by atoms with E-state index in [9.17, 15) is 0 Å². The first-order valence-corrected chi connectivity index (χ1v) is 7.93. The molecule has 3 heteroatoms. The zero-order valence-electron chi connectivity index (χ0n) is 12.3. The second kappa shape index (κ2) is 5.66. The van der Waals surface area contributed by atoms with Gasteiger partial charge >= 0.3 is 0 Å². The molecule has 1 atom stereocenters. The fraction of sp³-hybridized carbons (Fsp3) is 0.562. The molecular formula is C16H23BrN2. The predicted octanol–water partition coefficient (Wildman–Crippen LogP) is 4.80. The molecule has 0 aliphatic rings. The second-order valence-corrected chi connectivity index (χ2v) is 7.65. The Hall–Kier alpha value is -0.830. The number of para-hydroxylation sites is 2. The predicted molar refractivity (Wildman–Crippen MR) is 85.9 cm³/mol. The van der Waals surface area contributed by atoms with Gasteiger partial charge in [-0.3, -0.25) is 0 Å². The van der Waals surface area contributed by atoms with Crippen molar-refractivity contribution in [3.05, 3.63) is 30.1 Å². The van der Waals surface area contributed by atoms with Crippen molar-refractivity contribution < 1.29 is 0 Å². The van der Waals surface area contributed by atoms with E-state index in [0.29, 0.717) is 4.83 Å². The number of imidazole rings is 1. The summed E-state index contributed by atoms with van der Waals surface area (Å²) in [4.78, 5) is 5.37. The molecule has 1 aromatic heterocycles. The summed E-state index contributed by atoms with van der Waals surface area (Å²) in [6.45, 7) is 10.0. The molecule has 0 fully saturated rings. The number of fused-ring (bicyclic) bond motifs is 1. The van der Waals surface area contributed by atoms with Crippen molar-refractivity contribution in [3.8, 4) is 0 Å². The van der Waals surface area contributed by atoms with E-state index in [0.717, 1.165) is 24.9 Å². The number of hydrogen-bond acceptors (Lipinski definition) is 1. The van der Waals surface area contributed by atoms with Crippen molar-refractivity contribution in [2.24, 2.45) is 5.41 Å². The summed E-state index contributed by atoms with van der Waals surface area (Å²) in [6.07, 6.45) is 2.17. The van der Waals surface area contributed by atoms with Crippen molar-refractivity contribution >= 4 is 27.0 Å². The number of halogens is 1. The van der Waals surface area contributed by atoms with Gasteiger partial charge in [0.05, 0.1) is 11.0 Å². The molecule has 0 saturated heterocycles. The van der Waals surface area contributed by atoms with Gasteiger partial charge in [-0.1, -0.05) is 48.8 Å². The molecule has 0 amide bonds. The molecule has 19 heavy (non-hydrogen) atoms. The van der Waals surface area contributed by atoms with Crippen LogP contribution in [0.5, 0.6) is 0 Å². The van der Waals surface area contributed by atoms with Crippen LogP contribution in [0.1, 0.15) is 39.9 Å². The third-order valence-electron chi connectivity index (χ3n) is 3.52. The van der Waals surface area contributed by atoms with E-state index in [1.54, 1.807) is 0 Å². The van der Waals surface area contributed by atoms with Gasteiger partial charge in [-0.15, -0.1) is 0 Å². The molecule has 0 bridgehead atoms. The molecule has 104 valence electrons. The number of nitrogens with zero attached hydrogens (tertiary/aromatic N) is 2. The molecule has 1 heterocycles. The van der Waals surface area contributed by atoms with E-state index in [2.05, 4.69) is 72.5 Å². The van der Waals surface area contributed by atoms with Crippen LogP contribution in [0.3, 0.4) is 0 Å². The highest BCUT2D eigenvalue weighted by molar-refractivity contribution is 9.09. The van der Waals surface area contributed by atoms with E-state index < -0.39 is 0 Å². The standard InChI is InChI=1S/C16H23BrN2/c1-5-19-14-9-7-6-8-13(14)18-15(19)11-16(3,4)10-12(2)17/h6-9,12H,5,10-11H2,1-4H3. The van der Waals surface area contributed by atoms with Crippen LogP contribution in [0.4, 0.5) is 0 Å². The zero-order valence-corrected chi connectivity index (χ0v) is 13.9. The topological polar surface area (TPSA) is 17.8 Å². The highest BCUT2D eigenvalue weighted by Crippen LogP contribution is 2.30. The molecule has 0 N–H and O–H groups in total. The van der Waals surface area contributed by atoms with Gasteiger partial charge < -0.3 is 4.57 Å². The number of aromatic nitrogens is 2. The highest BCUT2D eigenvalue weighted by atomic mass is 79.9. The Kier molecular flexibility index (Phi) is 4.34. The van der Waals surface area contributed by atoms with Crippen LogP contribution in [0.2, 0.25) is 0 Å². The Bertz CT molecular complexity index is 555. The summed E-state index contributed by atoms with van der Waals surface area (Å²) in [6, 6.07) is 8.41. The smallest absolute Gasteiger partial charge is 0.110 e. The van der Waals surface area contributed by atoms with E-state index in [1.807, 2.05) is 0 Å². The fourth-order valence-electron chi connectivity index (χ4n) is 2.87.